The van der Waals surface area contributed by atoms with E-state index in [4.69, 9.17) is 0 Å². The lowest BCUT2D eigenvalue weighted by Gasteiger charge is -2.31. The fourth-order valence-corrected chi connectivity index (χ4v) is 2.78. The highest BCUT2D eigenvalue weighted by atomic mass is 19.1. The lowest BCUT2D eigenvalue weighted by atomic mass is 9.91. The van der Waals surface area contributed by atoms with Crippen LogP contribution in [-0.2, 0) is 6.42 Å². The van der Waals surface area contributed by atoms with Gasteiger partial charge in [0.25, 0.3) is 0 Å². The fourth-order valence-electron chi connectivity index (χ4n) is 2.78. The van der Waals surface area contributed by atoms with Gasteiger partial charge in [0.15, 0.2) is 0 Å². The van der Waals surface area contributed by atoms with Crippen molar-refractivity contribution in [1.29, 1.82) is 0 Å². The van der Waals surface area contributed by atoms with Gasteiger partial charge in [-0.1, -0.05) is 30.3 Å². The fraction of sp³-hybridized carbons (Fsp3) is 0.294. The highest BCUT2D eigenvalue weighted by Gasteiger charge is 2.25. The van der Waals surface area contributed by atoms with E-state index in [9.17, 15) is 9.50 Å². The quantitative estimate of drug-likeness (QED) is 0.874. The molecule has 1 aliphatic rings. The lowest BCUT2D eigenvalue weighted by molar-refractivity contribution is 0.149. The first-order chi connectivity index (χ1) is 9.65. The third kappa shape index (κ3) is 2.41. The van der Waals surface area contributed by atoms with Crippen molar-refractivity contribution < 1.29 is 9.50 Å². The number of rotatable bonds is 2. The van der Waals surface area contributed by atoms with Gasteiger partial charge in [0.2, 0.25) is 0 Å². The Kier molecular flexibility index (Phi) is 3.45. The van der Waals surface area contributed by atoms with Gasteiger partial charge in [-0.2, -0.15) is 0 Å². The summed E-state index contributed by atoms with van der Waals surface area (Å²) in [6.07, 6.45) is 1.20. The van der Waals surface area contributed by atoms with Gasteiger partial charge in [-0.05, 0) is 48.6 Å². The summed E-state index contributed by atoms with van der Waals surface area (Å²) >= 11 is 0. The molecule has 2 atom stereocenters. The summed E-state index contributed by atoms with van der Waals surface area (Å²) in [7, 11) is 0. The van der Waals surface area contributed by atoms with Crippen molar-refractivity contribution in [1.82, 2.24) is 0 Å². The summed E-state index contributed by atoms with van der Waals surface area (Å²) in [6.45, 7) is 1.72. The first-order valence-electron chi connectivity index (χ1n) is 6.94. The number of nitrogens with one attached hydrogen (secondary N) is 1. The van der Waals surface area contributed by atoms with Crippen LogP contribution < -0.4 is 5.32 Å². The molecule has 0 aliphatic carbocycles. The van der Waals surface area contributed by atoms with Crippen LogP contribution in [-0.4, -0.2) is 11.1 Å². The van der Waals surface area contributed by atoms with Gasteiger partial charge < -0.3 is 10.4 Å². The molecule has 2 aromatic rings. The van der Waals surface area contributed by atoms with Gasteiger partial charge in [0, 0.05) is 5.69 Å². The van der Waals surface area contributed by atoms with Gasteiger partial charge >= 0.3 is 0 Å². The number of aryl methyl sites for hydroxylation is 2. The van der Waals surface area contributed by atoms with E-state index in [1.54, 1.807) is 19.1 Å². The Morgan fingerprint density at radius 1 is 1.25 bits per heavy atom. The average molecular weight is 271 g/mol. The molecule has 0 aromatic heterocycles. The minimum absolute atomic E-state index is 0.0326. The van der Waals surface area contributed by atoms with Crippen molar-refractivity contribution in [3.63, 3.8) is 0 Å². The zero-order valence-corrected chi connectivity index (χ0v) is 11.4. The highest BCUT2D eigenvalue weighted by molar-refractivity contribution is 5.54. The molecule has 0 saturated carbocycles. The third-order valence-electron chi connectivity index (χ3n) is 3.99. The van der Waals surface area contributed by atoms with Gasteiger partial charge in [0.1, 0.15) is 5.82 Å². The monoisotopic (exact) mass is 271 g/mol. The SMILES string of the molecule is Cc1cc(C(O)C2CCc3ccccc3N2)ccc1F. The number of anilines is 1. The largest absolute Gasteiger partial charge is 0.386 e. The topological polar surface area (TPSA) is 32.3 Å². The van der Waals surface area contributed by atoms with Gasteiger partial charge in [-0.3, -0.25) is 0 Å². The van der Waals surface area contributed by atoms with Crippen LogP contribution in [0.2, 0.25) is 0 Å². The molecule has 2 nitrogen and oxygen atoms in total. The van der Waals surface area contributed by atoms with Crippen molar-refractivity contribution in [2.24, 2.45) is 0 Å². The molecule has 1 heterocycles. The number of hydrogen-bond acceptors (Lipinski definition) is 2. The summed E-state index contributed by atoms with van der Waals surface area (Å²) in [5, 5.41) is 13.9. The molecule has 2 N–H and O–H groups in total. The maximum absolute atomic E-state index is 13.3. The van der Waals surface area contributed by atoms with E-state index < -0.39 is 6.10 Å². The van der Waals surface area contributed by atoms with Crippen molar-refractivity contribution in [2.75, 3.05) is 5.32 Å². The van der Waals surface area contributed by atoms with E-state index in [2.05, 4.69) is 11.4 Å². The van der Waals surface area contributed by atoms with E-state index in [1.165, 1.54) is 11.6 Å². The molecule has 1 aliphatic heterocycles. The molecule has 3 rings (SSSR count). The Morgan fingerprint density at radius 2 is 2.05 bits per heavy atom. The van der Waals surface area contributed by atoms with E-state index in [0.717, 1.165) is 24.1 Å². The molecular weight excluding hydrogens is 253 g/mol. The molecule has 2 aromatic carbocycles. The standard InChI is InChI=1S/C17H18FNO/c1-11-10-13(6-8-14(11)18)17(20)16-9-7-12-4-2-3-5-15(12)19-16/h2-6,8,10,16-17,19-20H,7,9H2,1H3. The maximum Gasteiger partial charge on any atom is 0.126 e. The van der Waals surface area contributed by atoms with Crippen LogP contribution in [0.1, 0.15) is 29.2 Å². The summed E-state index contributed by atoms with van der Waals surface area (Å²) in [5.41, 5.74) is 3.70. The Balaban J connectivity index is 1.82. The van der Waals surface area contributed by atoms with Crippen molar-refractivity contribution in [3.8, 4) is 0 Å². The van der Waals surface area contributed by atoms with Gasteiger partial charge in [-0.25, -0.2) is 4.39 Å². The highest BCUT2D eigenvalue weighted by Crippen LogP contribution is 2.31. The van der Waals surface area contributed by atoms with Crippen LogP contribution in [0, 0.1) is 12.7 Å². The molecule has 0 fully saturated rings. The number of aliphatic hydroxyl groups excluding tert-OH is 1. The zero-order chi connectivity index (χ0) is 14.1. The molecule has 0 saturated heterocycles. The van der Waals surface area contributed by atoms with Crippen LogP contribution in [0.3, 0.4) is 0 Å². The summed E-state index contributed by atoms with van der Waals surface area (Å²) in [4.78, 5) is 0. The number of aliphatic hydroxyl groups is 1. The van der Waals surface area contributed by atoms with E-state index in [-0.39, 0.29) is 11.9 Å². The van der Waals surface area contributed by atoms with Crippen LogP contribution in [0.5, 0.6) is 0 Å². The molecule has 3 heteroatoms. The lowest BCUT2D eigenvalue weighted by Crippen LogP contribution is -2.31. The van der Waals surface area contributed by atoms with E-state index >= 15 is 0 Å². The number of benzene rings is 2. The Bertz CT molecular complexity index is 626. The Hall–Kier alpha value is -1.87. The number of halogens is 1. The number of para-hydroxylation sites is 1. The van der Waals surface area contributed by atoms with Crippen LogP contribution in [0.15, 0.2) is 42.5 Å². The molecule has 0 radical (unpaired) electrons. The second-order valence-electron chi connectivity index (χ2n) is 5.40. The average Bonchev–Trinajstić information content (AvgIpc) is 2.49. The van der Waals surface area contributed by atoms with Crippen LogP contribution >= 0.6 is 0 Å². The molecule has 0 spiro atoms. The molecule has 2 unspecified atom stereocenters. The molecule has 0 amide bonds. The second-order valence-corrected chi connectivity index (χ2v) is 5.40. The maximum atomic E-state index is 13.3. The predicted octanol–water partition coefficient (Wildman–Crippen LogP) is 3.59. The summed E-state index contributed by atoms with van der Waals surface area (Å²) in [6, 6.07) is 12.9. The van der Waals surface area contributed by atoms with Gasteiger partial charge in [-0.15, -0.1) is 0 Å². The minimum Gasteiger partial charge on any atom is -0.386 e. The minimum atomic E-state index is -0.623. The zero-order valence-electron chi connectivity index (χ0n) is 11.4. The number of hydrogen-bond donors (Lipinski definition) is 2. The first kappa shape index (κ1) is 13.1. The summed E-state index contributed by atoms with van der Waals surface area (Å²) < 4.78 is 13.3. The van der Waals surface area contributed by atoms with Gasteiger partial charge in [0.05, 0.1) is 12.1 Å². The van der Waals surface area contributed by atoms with Crippen molar-refractivity contribution in [3.05, 3.63) is 65.0 Å². The molecule has 0 bridgehead atoms. The first-order valence-corrected chi connectivity index (χ1v) is 6.94. The predicted molar refractivity (Wildman–Crippen MR) is 78.3 cm³/mol. The Morgan fingerprint density at radius 3 is 2.85 bits per heavy atom. The van der Waals surface area contributed by atoms with Crippen LogP contribution in [0.25, 0.3) is 0 Å². The van der Waals surface area contributed by atoms with E-state index in [1.807, 2.05) is 18.2 Å². The van der Waals surface area contributed by atoms with Crippen molar-refractivity contribution >= 4 is 5.69 Å². The van der Waals surface area contributed by atoms with Crippen LogP contribution in [0.4, 0.5) is 10.1 Å². The number of fused-ring (bicyclic) bond motifs is 1. The molecular formula is C17H18FNO. The Labute approximate surface area is 118 Å². The molecule has 104 valence electrons. The van der Waals surface area contributed by atoms with E-state index in [0.29, 0.717) is 5.56 Å². The normalized spacial score (nSPS) is 19.1. The molecule has 20 heavy (non-hydrogen) atoms. The van der Waals surface area contributed by atoms with Crippen molar-refractivity contribution in [2.45, 2.75) is 31.9 Å². The second kappa shape index (κ2) is 5.25. The smallest absolute Gasteiger partial charge is 0.126 e. The third-order valence-corrected chi connectivity index (χ3v) is 3.99. The summed E-state index contributed by atoms with van der Waals surface area (Å²) in [5.74, 6) is -0.233.